The van der Waals surface area contributed by atoms with Crippen molar-refractivity contribution >= 4 is 91.8 Å². The highest BCUT2D eigenvalue weighted by Crippen LogP contribution is 2.52. The second-order valence-electron chi connectivity index (χ2n) is 17.4. The van der Waals surface area contributed by atoms with Gasteiger partial charge in [-0.25, -0.2) is 0 Å². The molecule has 9 nitrogen and oxygen atoms in total. The van der Waals surface area contributed by atoms with Crippen LogP contribution in [0.4, 0.5) is 11.4 Å². The number of thioether (sulfide) groups is 2. The Morgan fingerprint density at radius 3 is 1.98 bits per heavy atom. The van der Waals surface area contributed by atoms with E-state index in [1.54, 1.807) is 4.90 Å². The van der Waals surface area contributed by atoms with Crippen molar-refractivity contribution < 1.29 is 24.3 Å². The first-order chi connectivity index (χ1) is 31.2. The molecule has 0 radical (unpaired) electrons. The molecule has 1 amide bonds. The van der Waals surface area contributed by atoms with Crippen molar-refractivity contribution in [1.29, 1.82) is 0 Å². The Morgan fingerprint density at radius 2 is 1.39 bits per heavy atom. The summed E-state index contributed by atoms with van der Waals surface area (Å²) in [7, 11) is 0. The van der Waals surface area contributed by atoms with E-state index < -0.39 is 18.1 Å². The third kappa shape index (κ3) is 14.8. The molecule has 2 aromatic carbocycles. The molecule has 3 aliphatic rings. The van der Waals surface area contributed by atoms with Crippen molar-refractivity contribution in [2.75, 3.05) is 17.2 Å². The Hall–Kier alpha value is -3.48. The summed E-state index contributed by atoms with van der Waals surface area (Å²) in [5, 5.41) is 9.82. The van der Waals surface area contributed by atoms with E-state index in [1.165, 1.54) is 165 Å². The predicted octanol–water partition coefficient (Wildman–Crippen LogP) is 11.9. The minimum absolute atomic E-state index is 0.231. The molecule has 2 fully saturated rings. The number of benzene rings is 2. The molecule has 1 N–H and O–H groups in total. The highest BCUT2D eigenvalue weighted by molar-refractivity contribution is 8.30. The van der Waals surface area contributed by atoms with E-state index in [9.17, 15) is 19.5 Å². The minimum atomic E-state index is -1.13. The van der Waals surface area contributed by atoms with E-state index in [1.807, 2.05) is 17.8 Å². The zero-order chi connectivity index (χ0) is 45.7. The molecule has 0 bridgehead atoms. The van der Waals surface area contributed by atoms with Gasteiger partial charge >= 0.3 is 12.1 Å². The van der Waals surface area contributed by atoms with Crippen LogP contribution in [0.15, 0.2) is 52.2 Å². The minimum Gasteiger partial charge on any atom is -0.480 e. The van der Waals surface area contributed by atoms with Gasteiger partial charge in [0.2, 0.25) is 0 Å². The van der Waals surface area contributed by atoms with E-state index in [-0.39, 0.29) is 12.1 Å². The maximum atomic E-state index is 13.9. The molecule has 2 aliphatic heterocycles. The fraction of sp³-hybridized carbons (Fsp3) is 0.588. The Kier molecular flexibility index (Phi) is 22.4. The lowest BCUT2D eigenvalue weighted by Gasteiger charge is -2.27. The zero-order valence-corrected chi connectivity index (χ0v) is 41.4. The number of thiocarbonyl (C=S) groups is 1. The average Bonchev–Trinajstić information content (AvgIpc) is 4.03. The molecule has 13 heteroatoms. The maximum absolute atomic E-state index is 13.9. The number of carbonyl (C=O) groups is 2. The van der Waals surface area contributed by atoms with Gasteiger partial charge in [0.05, 0.1) is 4.53 Å². The molecular weight excluding hydrogens is 879 g/mol. The second kappa shape index (κ2) is 27.9. The fourth-order valence-corrected chi connectivity index (χ4v) is 12.9. The number of unbranched alkanes of at least 4 members (excludes halogenated alkanes) is 18. The van der Waals surface area contributed by atoms with Gasteiger partial charge in [0.25, 0.3) is 11.5 Å². The lowest BCUT2D eigenvalue weighted by Crippen LogP contribution is -2.35. The van der Waals surface area contributed by atoms with Crippen molar-refractivity contribution in [1.82, 2.24) is 9.47 Å². The summed E-state index contributed by atoms with van der Waals surface area (Å²) in [5.74, 6) is 0.226. The van der Waals surface area contributed by atoms with Crippen molar-refractivity contribution in [3.05, 3.63) is 73.1 Å². The molecule has 1 aromatic heterocycles. The maximum Gasteiger partial charge on any atom is 0.373 e. The quantitative estimate of drug-likeness (QED) is 0.0450. The normalized spacial score (nSPS) is 17.8. The van der Waals surface area contributed by atoms with Gasteiger partial charge in [-0.2, -0.15) is 9.59 Å². The molecule has 2 atom stereocenters. The first-order valence-corrected chi connectivity index (χ1v) is 27.1. The van der Waals surface area contributed by atoms with E-state index in [0.29, 0.717) is 36.9 Å². The molecule has 3 aromatic rings. The SMILES string of the molecule is CCCCCCCCCCCCCCN1C(=O)/C(=c2\s/c(=C\c3ccc4c(c3)C3CCCC3N4c3ccc(SCCCCCCCCCC)cc3)c(=O)n2CC(=O)O)SC1=S.O=C=O. The molecule has 1 saturated carbocycles. The number of amides is 1. The Morgan fingerprint density at radius 1 is 0.812 bits per heavy atom. The highest BCUT2D eigenvalue weighted by Gasteiger charge is 2.42. The van der Waals surface area contributed by atoms with Gasteiger partial charge in [0.1, 0.15) is 20.4 Å². The Bertz CT molecular complexity index is 2200. The van der Waals surface area contributed by atoms with Crippen molar-refractivity contribution in [2.45, 2.75) is 185 Å². The number of hydrogen-bond donors (Lipinski definition) is 1. The Labute approximate surface area is 398 Å². The summed E-state index contributed by atoms with van der Waals surface area (Å²) < 4.78 is 2.50. The van der Waals surface area contributed by atoms with Crippen molar-refractivity contribution in [2.24, 2.45) is 0 Å². The summed E-state index contributed by atoms with van der Waals surface area (Å²) in [6.07, 6.45) is 31.2. The number of rotatable bonds is 27. The summed E-state index contributed by atoms with van der Waals surface area (Å²) in [4.78, 5) is 61.8. The van der Waals surface area contributed by atoms with Crippen LogP contribution in [0.25, 0.3) is 11.0 Å². The number of carboxylic acids is 1. The predicted molar refractivity (Wildman–Crippen MR) is 269 cm³/mol. The van der Waals surface area contributed by atoms with E-state index >= 15 is 0 Å². The molecule has 1 aliphatic carbocycles. The monoisotopic (exact) mass is 947 g/mol. The van der Waals surface area contributed by atoms with Crippen LogP contribution in [0.2, 0.25) is 0 Å². The smallest absolute Gasteiger partial charge is 0.373 e. The summed E-state index contributed by atoms with van der Waals surface area (Å²) in [6.45, 7) is 4.55. The fourth-order valence-electron chi connectivity index (χ4n) is 9.38. The lowest BCUT2D eigenvalue weighted by atomic mass is 9.96. The lowest BCUT2D eigenvalue weighted by molar-refractivity contribution is -0.191. The Balaban J connectivity index is 0.00000250. The van der Waals surface area contributed by atoms with E-state index in [4.69, 9.17) is 21.8 Å². The van der Waals surface area contributed by atoms with E-state index in [0.717, 1.165) is 43.4 Å². The topological polar surface area (TPSA) is 117 Å². The van der Waals surface area contributed by atoms with Gasteiger partial charge in [-0.3, -0.25) is 23.9 Å². The van der Waals surface area contributed by atoms with Crippen LogP contribution in [0.1, 0.15) is 179 Å². The molecule has 6 rings (SSSR count). The number of anilines is 2. The third-order valence-electron chi connectivity index (χ3n) is 12.7. The number of carbonyl (C=O) groups excluding carboxylic acids is 3. The molecule has 348 valence electrons. The van der Waals surface area contributed by atoms with Crippen LogP contribution < -0.4 is 19.7 Å². The van der Waals surface area contributed by atoms with Crippen LogP contribution in [-0.2, 0) is 25.7 Å². The van der Waals surface area contributed by atoms with Crippen molar-refractivity contribution in [3.8, 4) is 0 Å². The molecule has 2 unspecified atom stereocenters. The van der Waals surface area contributed by atoms with Crippen molar-refractivity contribution in [3.63, 3.8) is 0 Å². The molecule has 3 heterocycles. The summed E-state index contributed by atoms with van der Waals surface area (Å²) in [6, 6.07) is 16.0. The van der Waals surface area contributed by atoms with Gasteiger partial charge < -0.3 is 10.0 Å². The molecular formula is C51H69N3O6S4. The molecule has 64 heavy (non-hydrogen) atoms. The van der Waals surface area contributed by atoms with Crippen LogP contribution in [0, 0.1) is 0 Å². The largest absolute Gasteiger partial charge is 0.480 e. The van der Waals surface area contributed by atoms with Crippen LogP contribution in [0.3, 0.4) is 0 Å². The summed E-state index contributed by atoms with van der Waals surface area (Å²) in [5.41, 5.74) is 4.28. The number of aromatic nitrogens is 1. The standard InChI is InChI=1S/C50H69N3O4S4.CO2/c1-3-5-7-9-11-13-14-15-16-17-19-21-32-51-48(57)46(61-50(51)58)49-52(36-45(54)55)47(56)44(60-49)35-37-26-31-43-41(34-37)40-24-23-25-42(40)53(43)38-27-29-39(30-28-38)59-33-22-20-18-12-10-8-6-4-2;2-1-3/h26-31,34-35,40,42H,3-25,32-33,36H2,1-2H3,(H,54,55);/b44-35-,49-46+;. The third-order valence-corrected chi connectivity index (χ3v) is 16.5. The van der Waals surface area contributed by atoms with E-state index in [2.05, 4.69) is 61.2 Å². The first-order valence-electron chi connectivity index (χ1n) is 24.1. The van der Waals surface area contributed by atoms with Crippen LogP contribution in [-0.4, -0.2) is 55.3 Å². The second-order valence-corrected chi connectivity index (χ2v) is 21.3. The number of carboxylic acid groups (broad SMARTS) is 1. The van der Waals surface area contributed by atoms with Gasteiger partial charge in [-0.1, -0.05) is 166 Å². The zero-order valence-electron chi connectivity index (χ0n) is 38.1. The number of aliphatic carboxylic acids is 1. The van der Waals surface area contributed by atoms with Crippen LogP contribution in [0.5, 0.6) is 0 Å². The average molecular weight is 948 g/mol. The number of hydrogen-bond acceptors (Lipinski definition) is 10. The number of thiazole rings is 1. The summed E-state index contributed by atoms with van der Waals surface area (Å²) >= 11 is 10.0. The van der Waals surface area contributed by atoms with Crippen LogP contribution >= 0.6 is 47.1 Å². The van der Waals surface area contributed by atoms with Gasteiger partial charge in [0, 0.05) is 34.8 Å². The number of nitrogens with zero attached hydrogens (tertiary/aromatic N) is 3. The van der Waals surface area contributed by atoms with Gasteiger partial charge in [0.15, 0.2) is 0 Å². The molecule has 0 spiro atoms. The molecule has 1 saturated heterocycles. The first kappa shape index (κ1) is 51.5. The number of fused-ring (bicyclic) bond motifs is 3. The highest BCUT2D eigenvalue weighted by atomic mass is 32.2. The van der Waals surface area contributed by atoms with Gasteiger partial charge in [-0.05, 0) is 85.0 Å². The van der Waals surface area contributed by atoms with Gasteiger partial charge in [-0.15, -0.1) is 23.1 Å².